The van der Waals surface area contributed by atoms with Gasteiger partial charge in [-0.1, -0.05) is 6.08 Å². The van der Waals surface area contributed by atoms with Crippen molar-refractivity contribution in [3.8, 4) is 6.07 Å². The maximum Gasteiger partial charge on any atom is 0.178 e. The Hall–Kier alpha value is -0.970. The van der Waals surface area contributed by atoms with E-state index in [1.54, 1.807) is 6.92 Å². The van der Waals surface area contributed by atoms with Gasteiger partial charge in [-0.15, -0.1) is 0 Å². The van der Waals surface area contributed by atoms with Gasteiger partial charge in [-0.3, -0.25) is 0 Å². The van der Waals surface area contributed by atoms with E-state index in [2.05, 4.69) is 0 Å². The molecule has 6 nitrogen and oxygen atoms in total. The molecule has 0 saturated carbocycles. The average Bonchev–Trinajstić information content (AvgIpc) is 2.68. The van der Waals surface area contributed by atoms with Crippen LogP contribution in [0.4, 0.5) is 0 Å². The maximum absolute atomic E-state index is 9.64. The molecule has 3 N–H and O–H groups in total. The first-order chi connectivity index (χ1) is 8.46. The second-order valence-electron chi connectivity index (χ2n) is 4.81. The van der Waals surface area contributed by atoms with Crippen molar-refractivity contribution in [2.45, 2.75) is 56.1 Å². The van der Waals surface area contributed by atoms with Gasteiger partial charge < -0.3 is 24.8 Å². The number of aliphatic hydroxyl groups is 3. The van der Waals surface area contributed by atoms with Gasteiger partial charge in [0.1, 0.15) is 12.2 Å². The van der Waals surface area contributed by atoms with Crippen molar-refractivity contribution in [3.63, 3.8) is 0 Å². The van der Waals surface area contributed by atoms with Crippen molar-refractivity contribution >= 4 is 0 Å². The molecule has 0 aromatic carbocycles. The standard InChI is InChI=1S/C12H17NO5/c1-7-11(16)9(15)4-10(17-7)18-12(6-13)3-2-8(14)5-12/h2-3,7-11,14-16H,4-5H2,1H3/t7-,8+,9-,10+,11-,12-/m1/s1. The first-order valence-electron chi connectivity index (χ1n) is 5.94. The Morgan fingerprint density at radius 3 is 2.67 bits per heavy atom. The van der Waals surface area contributed by atoms with Crippen molar-refractivity contribution in [3.05, 3.63) is 12.2 Å². The van der Waals surface area contributed by atoms with Crippen LogP contribution in [0.15, 0.2) is 12.2 Å². The Kier molecular flexibility index (Phi) is 3.71. The zero-order valence-corrected chi connectivity index (χ0v) is 10.1. The Balaban J connectivity index is 2.02. The van der Waals surface area contributed by atoms with Gasteiger partial charge in [0.25, 0.3) is 0 Å². The molecule has 1 aliphatic carbocycles. The summed E-state index contributed by atoms with van der Waals surface area (Å²) in [6.45, 7) is 1.63. The van der Waals surface area contributed by atoms with Crippen LogP contribution in [0.1, 0.15) is 19.8 Å². The van der Waals surface area contributed by atoms with Crippen molar-refractivity contribution in [1.82, 2.24) is 0 Å². The van der Waals surface area contributed by atoms with Crippen LogP contribution >= 0.6 is 0 Å². The van der Waals surface area contributed by atoms with E-state index < -0.39 is 36.3 Å². The molecule has 6 atom stereocenters. The summed E-state index contributed by atoms with van der Waals surface area (Å²) in [5.74, 6) is 0. The van der Waals surface area contributed by atoms with Crippen molar-refractivity contribution in [1.29, 1.82) is 5.26 Å². The molecule has 0 aromatic rings. The van der Waals surface area contributed by atoms with E-state index in [9.17, 15) is 15.3 Å². The second-order valence-corrected chi connectivity index (χ2v) is 4.81. The summed E-state index contributed by atoms with van der Waals surface area (Å²) in [4.78, 5) is 0. The van der Waals surface area contributed by atoms with Gasteiger partial charge in [-0.05, 0) is 13.0 Å². The third-order valence-electron chi connectivity index (χ3n) is 3.31. The highest BCUT2D eigenvalue weighted by molar-refractivity contribution is 5.24. The third-order valence-corrected chi connectivity index (χ3v) is 3.31. The van der Waals surface area contributed by atoms with Gasteiger partial charge in [-0.25, -0.2) is 0 Å². The highest BCUT2D eigenvalue weighted by Crippen LogP contribution is 2.31. The molecule has 6 heteroatoms. The van der Waals surface area contributed by atoms with E-state index in [1.807, 2.05) is 6.07 Å². The Bertz CT molecular complexity index is 367. The summed E-state index contributed by atoms with van der Waals surface area (Å²) in [5.41, 5.74) is -1.22. The van der Waals surface area contributed by atoms with E-state index in [0.717, 1.165) is 0 Å². The van der Waals surface area contributed by atoms with Crippen LogP contribution in [-0.2, 0) is 9.47 Å². The van der Waals surface area contributed by atoms with Crippen LogP contribution in [0, 0.1) is 11.3 Å². The summed E-state index contributed by atoms with van der Waals surface area (Å²) in [6, 6.07) is 2.00. The lowest BCUT2D eigenvalue weighted by Gasteiger charge is -2.37. The predicted octanol–water partition coefficient (Wildman–Crippen LogP) is -0.557. The molecule has 0 aromatic heterocycles. The second kappa shape index (κ2) is 4.96. The number of nitrogens with zero attached hydrogens (tertiary/aromatic N) is 1. The molecular formula is C12H17NO5. The minimum Gasteiger partial charge on any atom is -0.390 e. The highest BCUT2D eigenvalue weighted by atomic mass is 16.7. The number of rotatable bonds is 2. The normalized spacial score (nSPS) is 48.1. The molecule has 0 bridgehead atoms. The van der Waals surface area contributed by atoms with E-state index in [0.29, 0.717) is 0 Å². The molecule has 18 heavy (non-hydrogen) atoms. The minimum atomic E-state index is -1.22. The Labute approximate surface area is 105 Å². The minimum absolute atomic E-state index is 0.0961. The lowest BCUT2D eigenvalue weighted by molar-refractivity contribution is -0.265. The highest BCUT2D eigenvalue weighted by Gasteiger charge is 2.42. The van der Waals surface area contributed by atoms with Gasteiger partial charge in [0, 0.05) is 12.8 Å². The molecule has 2 rings (SSSR count). The molecule has 1 saturated heterocycles. The fraction of sp³-hybridized carbons (Fsp3) is 0.750. The monoisotopic (exact) mass is 255 g/mol. The van der Waals surface area contributed by atoms with Gasteiger partial charge in [0.2, 0.25) is 0 Å². The number of ether oxygens (including phenoxy) is 2. The molecule has 0 spiro atoms. The number of aliphatic hydroxyl groups excluding tert-OH is 3. The number of nitriles is 1. The summed E-state index contributed by atoms with van der Waals surface area (Å²) >= 11 is 0. The number of hydrogen-bond donors (Lipinski definition) is 3. The van der Waals surface area contributed by atoms with Crippen molar-refractivity contribution in [2.75, 3.05) is 0 Å². The smallest absolute Gasteiger partial charge is 0.178 e. The fourth-order valence-electron chi connectivity index (χ4n) is 2.25. The molecule has 1 fully saturated rings. The SMILES string of the molecule is C[C@H]1O[C@@H](O[C@]2(C#N)C=C[C@H](O)C2)C[C@@H](O)[C@@H]1O. The zero-order valence-electron chi connectivity index (χ0n) is 10.1. The van der Waals surface area contributed by atoms with Gasteiger partial charge in [-0.2, -0.15) is 5.26 Å². The zero-order chi connectivity index (χ0) is 13.3. The largest absolute Gasteiger partial charge is 0.390 e. The van der Waals surface area contributed by atoms with E-state index in [1.165, 1.54) is 12.2 Å². The molecular weight excluding hydrogens is 238 g/mol. The first-order valence-corrected chi connectivity index (χ1v) is 5.94. The molecule has 100 valence electrons. The summed E-state index contributed by atoms with van der Waals surface area (Å²) in [5, 5.41) is 37.7. The van der Waals surface area contributed by atoms with Crippen LogP contribution in [0.2, 0.25) is 0 Å². The summed E-state index contributed by atoms with van der Waals surface area (Å²) in [6.07, 6.45) is -0.685. The van der Waals surface area contributed by atoms with Crippen molar-refractivity contribution < 1.29 is 24.8 Å². The number of hydrogen-bond acceptors (Lipinski definition) is 6. The lowest BCUT2D eigenvalue weighted by Crippen LogP contribution is -2.49. The van der Waals surface area contributed by atoms with Crippen LogP contribution < -0.4 is 0 Å². The molecule has 0 amide bonds. The van der Waals surface area contributed by atoms with Crippen LogP contribution in [0.3, 0.4) is 0 Å². The maximum atomic E-state index is 9.64. The lowest BCUT2D eigenvalue weighted by atomic mass is 10.0. The molecule has 0 unspecified atom stereocenters. The third kappa shape index (κ3) is 2.55. The quantitative estimate of drug-likeness (QED) is 0.572. The van der Waals surface area contributed by atoms with Crippen LogP contribution in [0.5, 0.6) is 0 Å². The van der Waals surface area contributed by atoms with Gasteiger partial charge >= 0.3 is 0 Å². The van der Waals surface area contributed by atoms with E-state index in [4.69, 9.17) is 14.7 Å². The summed E-state index contributed by atoms with van der Waals surface area (Å²) < 4.78 is 10.9. The van der Waals surface area contributed by atoms with Crippen LogP contribution in [-0.4, -0.2) is 51.6 Å². The fourth-order valence-corrected chi connectivity index (χ4v) is 2.25. The van der Waals surface area contributed by atoms with E-state index in [-0.39, 0.29) is 12.8 Å². The average molecular weight is 255 g/mol. The molecule has 1 heterocycles. The molecule has 1 aliphatic heterocycles. The Morgan fingerprint density at radius 2 is 2.17 bits per heavy atom. The molecule has 2 aliphatic rings. The van der Waals surface area contributed by atoms with Crippen molar-refractivity contribution in [2.24, 2.45) is 0 Å². The van der Waals surface area contributed by atoms with Crippen LogP contribution in [0.25, 0.3) is 0 Å². The summed E-state index contributed by atoms with van der Waals surface area (Å²) in [7, 11) is 0. The van der Waals surface area contributed by atoms with Gasteiger partial charge in [0.15, 0.2) is 11.9 Å². The topological polar surface area (TPSA) is 103 Å². The Morgan fingerprint density at radius 1 is 1.44 bits per heavy atom. The predicted molar refractivity (Wildman–Crippen MR) is 60.2 cm³/mol. The van der Waals surface area contributed by atoms with E-state index >= 15 is 0 Å². The first kappa shape index (κ1) is 13.5. The van der Waals surface area contributed by atoms with Gasteiger partial charge in [0.05, 0.1) is 18.3 Å². The molecule has 0 radical (unpaired) electrons.